The molecule has 0 aromatic heterocycles. The van der Waals surface area contributed by atoms with Gasteiger partial charge < -0.3 is 9.47 Å². The van der Waals surface area contributed by atoms with Crippen LogP contribution in [-0.4, -0.2) is 20.3 Å². The van der Waals surface area contributed by atoms with Gasteiger partial charge in [0.15, 0.2) is 0 Å². The van der Waals surface area contributed by atoms with Gasteiger partial charge in [-0.25, -0.2) is 4.39 Å². The molecule has 0 aliphatic heterocycles. The molecule has 0 heterocycles. The van der Waals surface area contributed by atoms with Crippen LogP contribution in [0.2, 0.25) is 0 Å². The molecule has 0 amide bonds. The normalized spacial score (nSPS) is 10.5. The molecular formula is C11H15FO2. The first-order valence-electron chi connectivity index (χ1n) is 4.56. The number of ether oxygens (including phenoxy) is 2. The Balaban J connectivity index is 2.49. The third-order valence-corrected chi connectivity index (χ3v) is 2.03. The molecule has 14 heavy (non-hydrogen) atoms. The number of rotatable bonds is 5. The minimum absolute atomic E-state index is 0.206. The molecule has 0 aliphatic rings. The van der Waals surface area contributed by atoms with Gasteiger partial charge in [-0.15, -0.1) is 0 Å². The summed E-state index contributed by atoms with van der Waals surface area (Å²) in [5, 5.41) is 0. The second-order valence-electron chi connectivity index (χ2n) is 3.08. The summed E-state index contributed by atoms with van der Waals surface area (Å²) < 4.78 is 23.3. The van der Waals surface area contributed by atoms with Gasteiger partial charge in [0, 0.05) is 12.7 Å². The van der Waals surface area contributed by atoms with Crippen molar-refractivity contribution in [1.82, 2.24) is 0 Å². The van der Waals surface area contributed by atoms with Crippen LogP contribution in [0.1, 0.15) is 11.1 Å². The van der Waals surface area contributed by atoms with E-state index in [0.717, 1.165) is 5.56 Å². The predicted octanol–water partition coefficient (Wildman–Crippen LogP) is 2.30. The molecule has 0 saturated carbocycles. The maximum Gasteiger partial charge on any atom is 0.128 e. The van der Waals surface area contributed by atoms with Crippen molar-refractivity contribution < 1.29 is 13.9 Å². The molecule has 0 fully saturated rings. The summed E-state index contributed by atoms with van der Waals surface area (Å²) in [4.78, 5) is 0. The molecule has 0 atom stereocenters. The van der Waals surface area contributed by atoms with Crippen LogP contribution in [0.3, 0.4) is 0 Å². The summed E-state index contributed by atoms with van der Waals surface area (Å²) >= 11 is 0. The number of methoxy groups -OCH3 is 1. The van der Waals surface area contributed by atoms with Crippen molar-refractivity contribution in [3.8, 4) is 0 Å². The lowest BCUT2D eigenvalue weighted by Gasteiger charge is -2.07. The van der Waals surface area contributed by atoms with E-state index >= 15 is 0 Å². The van der Waals surface area contributed by atoms with Crippen molar-refractivity contribution >= 4 is 0 Å². The molecule has 0 aliphatic carbocycles. The van der Waals surface area contributed by atoms with E-state index in [1.807, 2.05) is 13.0 Å². The van der Waals surface area contributed by atoms with E-state index in [1.165, 1.54) is 6.07 Å². The fourth-order valence-electron chi connectivity index (χ4n) is 1.17. The van der Waals surface area contributed by atoms with Crippen LogP contribution in [0.15, 0.2) is 18.2 Å². The Morgan fingerprint density at radius 1 is 1.29 bits per heavy atom. The second-order valence-corrected chi connectivity index (χ2v) is 3.08. The van der Waals surface area contributed by atoms with Crippen LogP contribution in [0.4, 0.5) is 4.39 Å². The molecule has 0 spiro atoms. The fraction of sp³-hybridized carbons (Fsp3) is 0.455. The Labute approximate surface area is 83.6 Å². The van der Waals surface area contributed by atoms with E-state index in [9.17, 15) is 4.39 Å². The van der Waals surface area contributed by atoms with Gasteiger partial charge in [0.05, 0.1) is 19.8 Å². The summed E-state index contributed by atoms with van der Waals surface area (Å²) in [6.07, 6.45) is 0. The van der Waals surface area contributed by atoms with Crippen LogP contribution in [0.25, 0.3) is 0 Å². The van der Waals surface area contributed by atoms with Gasteiger partial charge in [-0.05, 0) is 18.6 Å². The minimum atomic E-state index is -0.206. The lowest BCUT2D eigenvalue weighted by Crippen LogP contribution is -2.04. The summed E-state index contributed by atoms with van der Waals surface area (Å²) in [5.74, 6) is -0.206. The smallest absolute Gasteiger partial charge is 0.128 e. The lowest BCUT2D eigenvalue weighted by atomic mass is 10.1. The SMILES string of the molecule is COCCOCc1c(C)cccc1F. The zero-order valence-electron chi connectivity index (χ0n) is 8.55. The van der Waals surface area contributed by atoms with Crippen molar-refractivity contribution in [3.05, 3.63) is 35.1 Å². The van der Waals surface area contributed by atoms with Crippen molar-refractivity contribution in [3.63, 3.8) is 0 Å². The van der Waals surface area contributed by atoms with Crippen molar-refractivity contribution in [2.24, 2.45) is 0 Å². The standard InChI is InChI=1S/C11H15FO2/c1-9-4-3-5-11(12)10(9)8-14-7-6-13-2/h3-5H,6-8H2,1-2H3. The molecule has 0 radical (unpaired) electrons. The van der Waals surface area contributed by atoms with Gasteiger partial charge in [-0.2, -0.15) is 0 Å². The van der Waals surface area contributed by atoms with E-state index in [0.29, 0.717) is 25.4 Å². The molecular weight excluding hydrogens is 183 g/mol. The van der Waals surface area contributed by atoms with E-state index in [4.69, 9.17) is 9.47 Å². The van der Waals surface area contributed by atoms with Crippen LogP contribution in [0.5, 0.6) is 0 Å². The van der Waals surface area contributed by atoms with Gasteiger partial charge in [0.2, 0.25) is 0 Å². The van der Waals surface area contributed by atoms with E-state index in [2.05, 4.69) is 0 Å². The number of halogens is 1. The molecule has 1 aromatic carbocycles. The first-order chi connectivity index (χ1) is 6.75. The number of hydrogen-bond donors (Lipinski definition) is 0. The van der Waals surface area contributed by atoms with Crippen LogP contribution in [-0.2, 0) is 16.1 Å². The van der Waals surface area contributed by atoms with Crippen molar-refractivity contribution in [2.75, 3.05) is 20.3 Å². The average Bonchev–Trinajstić information content (AvgIpc) is 2.16. The van der Waals surface area contributed by atoms with Gasteiger partial charge in [-0.3, -0.25) is 0 Å². The van der Waals surface area contributed by atoms with Gasteiger partial charge in [0.25, 0.3) is 0 Å². The number of aryl methyl sites for hydroxylation is 1. The highest BCUT2D eigenvalue weighted by Gasteiger charge is 2.04. The predicted molar refractivity (Wildman–Crippen MR) is 52.7 cm³/mol. The van der Waals surface area contributed by atoms with E-state index < -0.39 is 0 Å². The van der Waals surface area contributed by atoms with E-state index in [-0.39, 0.29) is 5.82 Å². The lowest BCUT2D eigenvalue weighted by molar-refractivity contribution is 0.0602. The molecule has 78 valence electrons. The largest absolute Gasteiger partial charge is 0.382 e. The highest BCUT2D eigenvalue weighted by atomic mass is 19.1. The minimum Gasteiger partial charge on any atom is -0.382 e. The Bertz CT molecular complexity index is 266. The van der Waals surface area contributed by atoms with Gasteiger partial charge >= 0.3 is 0 Å². The average molecular weight is 198 g/mol. The summed E-state index contributed by atoms with van der Waals surface area (Å²) in [7, 11) is 1.61. The zero-order valence-corrected chi connectivity index (χ0v) is 8.55. The molecule has 1 rings (SSSR count). The van der Waals surface area contributed by atoms with Crippen LogP contribution < -0.4 is 0 Å². The summed E-state index contributed by atoms with van der Waals surface area (Å²) in [6, 6.07) is 5.02. The topological polar surface area (TPSA) is 18.5 Å². The quantitative estimate of drug-likeness (QED) is 0.676. The van der Waals surface area contributed by atoms with Gasteiger partial charge in [-0.1, -0.05) is 12.1 Å². The highest BCUT2D eigenvalue weighted by Crippen LogP contribution is 2.13. The molecule has 0 N–H and O–H groups in total. The molecule has 0 unspecified atom stereocenters. The van der Waals surface area contributed by atoms with Crippen LogP contribution in [0, 0.1) is 12.7 Å². The maximum absolute atomic E-state index is 13.2. The molecule has 1 aromatic rings. The molecule has 2 nitrogen and oxygen atoms in total. The summed E-state index contributed by atoms with van der Waals surface area (Å²) in [6.45, 7) is 3.21. The third kappa shape index (κ3) is 3.09. The number of benzene rings is 1. The first-order valence-corrected chi connectivity index (χ1v) is 4.56. The van der Waals surface area contributed by atoms with E-state index in [1.54, 1.807) is 13.2 Å². The Morgan fingerprint density at radius 3 is 2.71 bits per heavy atom. The Morgan fingerprint density at radius 2 is 2.07 bits per heavy atom. The highest BCUT2D eigenvalue weighted by molar-refractivity contribution is 5.26. The fourth-order valence-corrected chi connectivity index (χ4v) is 1.17. The second kappa shape index (κ2) is 5.73. The first kappa shape index (κ1) is 11.1. The van der Waals surface area contributed by atoms with Crippen molar-refractivity contribution in [2.45, 2.75) is 13.5 Å². The molecule has 3 heteroatoms. The third-order valence-electron chi connectivity index (χ3n) is 2.03. The van der Waals surface area contributed by atoms with Crippen LogP contribution >= 0.6 is 0 Å². The zero-order chi connectivity index (χ0) is 10.4. The Hall–Kier alpha value is -0.930. The Kier molecular flexibility index (Phi) is 4.56. The van der Waals surface area contributed by atoms with Gasteiger partial charge in [0.1, 0.15) is 5.82 Å². The van der Waals surface area contributed by atoms with Crippen molar-refractivity contribution in [1.29, 1.82) is 0 Å². The monoisotopic (exact) mass is 198 g/mol. The maximum atomic E-state index is 13.2. The number of hydrogen-bond acceptors (Lipinski definition) is 2. The summed E-state index contributed by atoms with van der Waals surface area (Å²) in [5.41, 5.74) is 1.55. The molecule has 0 bridgehead atoms. The molecule has 0 saturated heterocycles.